The molecule has 2 rings (SSSR count). The fraction of sp³-hybridized carbons (Fsp3) is 0.278. The predicted octanol–water partition coefficient (Wildman–Crippen LogP) is 4.35. The average molecular weight is 267 g/mol. The van der Waals surface area contributed by atoms with E-state index in [0.717, 1.165) is 24.9 Å². The third-order valence-corrected chi connectivity index (χ3v) is 3.30. The zero-order chi connectivity index (χ0) is 14.2. The molecular formula is C18H21NO. The number of benzene rings is 2. The minimum Gasteiger partial charge on any atom is -0.326 e. The van der Waals surface area contributed by atoms with Gasteiger partial charge in [-0.15, -0.1) is 0 Å². The maximum absolute atomic E-state index is 11.8. The van der Waals surface area contributed by atoms with Crippen LogP contribution in [0.1, 0.15) is 30.4 Å². The molecule has 104 valence electrons. The van der Waals surface area contributed by atoms with Crippen LogP contribution >= 0.6 is 0 Å². The Bertz CT molecular complexity index is 531. The number of amides is 1. The Morgan fingerprint density at radius 3 is 2.35 bits per heavy atom. The van der Waals surface area contributed by atoms with Crippen molar-refractivity contribution in [1.29, 1.82) is 0 Å². The number of carbonyl (C=O) groups is 1. The van der Waals surface area contributed by atoms with E-state index in [1.807, 2.05) is 30.3 Å². The molecule has 0 saturated heterocycles. The van der Waals surface area contributed by atoms with E-state index in [4.69, 9.17) is 0 Å². The van der Waals surface area contributed by atoms with Gasteiger partial charge in [0, 0.05) is 12.1 Å². The lowest BCUT2D eigenvalue weighted by Crippen LogP contribution is -2.10. The second kappa shape index (κ2) is 7.49. The van der Waals surface area contributed by atoms with Gasteiger partial charge in [-0.1, -0.05) is 48.0 Å². The highest BCUT2D eigenvalue weighted by molar-refractivity contribution is 5.90. The van der Waals surface area contributed by atoms with Gasteiger partial charge in [-0.05, 0) is 43.9 Å². The Hall–Kier alpha value is -2.09. The van der Waals surface area contributed by atoms with Gasteiger partial charge in [0.1, 0.15) is 0 Å². The second-order valence-electron chi connectivity index (χ2n) is 5.11. The van der Waals surface area contributed by atoms with Crippen LogP contribution in [-0.2, 0) is 11.2 Å². The molecule has 0 heterocycles. The zero-order valence-corrected chi connectivity index (χ0v) is 11.9. The highest BCUT2D eigenvalue weighted by Gasteiger charge is 2.02. The van der Waals surface area contributed by atoms with Gasteiger partial charge in [0.25, 0.3) is 0 Å². The molecule has 20 heavy (non-hydrogen) atoms. The number of aryl methyl sites for hydroxylation is 2. The van der Waals surface area contributed by atoms with Crippen molar-refractivity contribution >= 4 is 11.6 Å². The summed E-state index contributed by atoms with van der Waals surface area (Å²) in [4.78, 5) is 11.8. The van der Waals surface area contributed by atoms with Crippen LogP contribution in [0.25, 0.3) is 0 Å². The van der Waals surface area contributed by atoms with Crippen LogP contribution in [0, 0.1) is 6.92 Å². The van der Waals surface area contributed by atoms with Crippen molar-refractivity contribution in [3.8, 4) is 0 Å². The van der Waals surface area contributed by atoms with E-state index in [-0.39, 0.29) is 5.91 Å². The molecule has 1 N–H and O–H groups in total. The molecular weight excluding hydrogens is 246 g/mol. The summed E-state index contributed by atoms with van der Waals surface area (Å²) in [6, 6.07) is 18.2. The number of nitrogens with one attached hydrogen (secondary N) is 1. The minimum atomic E-state index is 0.0973. The molecule has 2 heteroatoms. The first-order chi connectivity index (χ1) is 9.74. The number of hydrogen-bond donors (Lipinski definition) is 1. The average Bonchev–Trinajstić information content (AvgIpc) is 2.46. The topological polar surface area (TPSA) is 29.1 Å². The molecule has 0 atom stereocenters. The van der Waals surface area contributed by atoms with Crippen LogP contribution in [0.15, 0.2) is 54.6 Å². The summed E-state index contributed by atoms with van der Waals surface area (Å²) in [7, 11) is 0. The summed E-state index contributed by atoms with van der Waals surface area (Å²) in [5.41, 5.74) is 3.51. The molecule has 0 fully saturated rings. The van der Waals surface area contributed by atoms with Gasteiger partial charge in [0.2, 0.25) is 5.91 Å². The van der Waals surface area contributed by atoms with Crippen LogP contribution in [-0.4, -0.2) is 5.91 Å². The smallest absolute Gasteiger partial charge is 0.224 e. The van der Waals surface area contributed by atoms with Crippen molar-refractivity contribution in [3.63, 3.8) is 0 Å². The predicted molar refractivity (Wildman–Crippen MR) is 83.8 cm³/mol. The molecule has 0 bridgehead atoms. The lowest BCUT2D eigenvalue weighted by Gasteiger charge is -2.05. The Morgan fingerprint density at radius 2 is 1.65 bits per heavy atom. The SMILES string of the molecule is Cc1ccc(CCCCC(=O)Nc2ccccc2)cc1. The Balaban J connectivity index is 1.66. The summed E-state index contributed by atoms with van der Waals surface area (Å²) < 4.78 is 0. The van der Waals surface area contributed by atoms with E-state index in [1.54, 1.807) is 0 Å². The third-order valence-electron chi connectivity index (χ3n) is 3.30. The van der Waals surface area contributed by atoms with Crippen molar-refractivity contribution < 1.29 is 4.79 Å². The molecule has 0 aliphatic carbocycles. The van der Waals surface area contributed by atoms with Crippen molar-refractivity contribution in [2.75, 3.05) is 5.32 Å². The maximum Gasteiger partial charge on any atom is 0.224 e. The Labute approximate surface area is 120 Å². The summed E-state index contributed by atoms with van der Waals surface area (Å²) in [6.45, 7) is 2.09. The van der Waals surface area contributed by atoms with E-state index in [0.29, 0.717) is 6.42 Å². The molecule has 0 aliphatic rings. The number of unbranched alkanes of at least 4 members (excludes halogenated alkanes) is 1. The highest BCUT2D eigenvalue weighted by Crippen LogP contribution is 2.10. The number of rotatable bonds is 6. The quantitative estimate of drug-likeness (QED) is 0.775. The lowest BCUT2D eigenvalue weighted by atomic mass is 10.1. The van der Waals surface area contributed by atoms with Crippen LogP contribution in [0.2, 0.25) is 0 Å². The fourth-order valence-electron chi connectivity index (χ4n) is 2.11. The van der Waals surface area contributed by atoms with Gasteiger partial charge in [-0.2, -0.15) is 0 Å². The summed E-state index contributed by atoms with van der Waals surface area (Å²) in [5.74, 6) is 0.0973. The third kappa shape index (κ3) is 4.88. The molecule has 0 radical (unpaired) electrons. The maximum atomic E-state index is 11.8. The number of hydrogen-bond acceptors (Lipinski definition) is 1. The summed E-state index contributed by atoms with van der Waals surface area (Å²) in [6.07, 6.45) is 3.59. The first kappa shape index (κ1) is 14.3. The van der Waals surface area contributed by atoms with Gasteiger partial charge in [0.15, 0.2) is 0 Å². The minimum absolute atomic E-state index is 0.0973. The van der Waals surface area contributed by atoms with Crippen LogP contribution in [0.4, 0.5) is 5.69 Å². The molecule has 0 aromatic heterocycles. The van der Waals surface area contributed by atoms with E-state index in [9.17, 15) is 4.79 Å². The second-order valence-corrected chi connectivity index (χ2v) is 5.11. The number of para-hydroxylation sites is 1. The first-order valence-corrected chi connectivity index (χ1v) is 7.14. The molecule has 0 spiro atoms. The van der Waals surface area contributed by atoms with E-state index in [2.05, 4.69) is 36.5 Å². The van der Waals surface area contributed by atoms with Gasteiger partial charge in [-0.3, -0.25) is 4.79 Å². The fourth-order valence-corrected chi connectivity index (χ4v) is 2.11. The first-order valence-electron chi connectivity index (χ1n) is 7.14. The van der Waals surface area contributed by atoms with E-state index >= 15 is 0 Å². The standard InChI is InChI=1S/C18H21NO/c1-15-11-13-16(14-12-15)7-5-6-10-18(20)19-17-8-3-2-4-9-17/h2-4,8-9,11-14H,5-7,10H2,1H3,(H,19,20). The van der Waals surface area contributed by atoms with Crippen LogP contribution in [0.3, 0.4) is 0 Å². The summed E-state index contributed by atoms with van der Waals surface area (Å²) >= 11 is 0. The molecule has 2 aromatic carbocycles. The molecule has 2 nitrogen and oxygen atoms in total. The van der Waals surface area contributed by atoms with Gasteiger partial charge < -0.3 is 5.32 Å². The highest BCUT2D eigenvalue weighted by atomic mass is 16.1. The molecule has 1 amide bonds. The molecule has 0 saturated carbocycles. The van der Waals surface area contributed by atoms with Gasteiger partial charge >= 0.3 is 0 Å². The molecule has 0 aliphatic heterocycles. The number of carbonyl (C=O) groups excluding carboxylic acids is 1. The normalized spacial score (nSPS) is 10.2. The van der Waals surface area contributed by atoms with E-state index in [1.165, 1.54) is 11.1 Å². The van der Waals surface area contributed by atoms with Crippen molar-refractivity contribution in [1.82, 2.24) is 0 Å². The zero-order valence-electron chi connectivity index (χ0n) is 11.9. The summed E-state index contributed by atoms with van der Waals surface area (Å²) in [5, 5.41) is 2.91. The Kier molecular flexibility index (Phi) is 5.36. The largest absolute Gasteiger partial charge is 0.326 e. The van der Waals surface area contributed by atoms with Crippen molar-refractivity contribution in [2.45, 2.75) is 32.6 Å². The van der Waals surface area contributed by atoms with Crippen LogP contribution in [0.5, 0.6) is 0 Å². The molecule has 0 unspecified atom stereocenters. The van der Waals surface area contributed by atoms with E-state index < -0.39 is 0 Å². The molecule has 2 aromatic rings. The van der Waals surface area contributed by atoms with Crippen molar-refractivity contribution in [2.24, 2.45) is 0 Å². The van der Waals surface area contributed by atoms with Crippen molar-refractivity contribution in [3.05, 3.63) is 65.7 Å². The Morgan fingerprint density at radius 1 is 0.950 bits per heavy atom. The van der Waals surface area contributed by atoms with Crippen LogP contribution < -0.4 is 5.32 Å². The van der Waals surface area contributed by atoms with Gasteiger partial charge in [-0.25, -0.2) is 0 Å². The lowest BCUT2D eigenvalue weighted by molar-refractivity contribution is -0.116. The monoisotopic (exact) mass is 267 g/mol. The van der Waals surface area contributed by atoms with Gasteiger partial charge in [0.05, 0.1) is 0 Å². The number of anilines is 1.